The number of carbonyl (C=O) groups excluding carboxylic acids is 1. The van der Waals surface area contributed by atoms with Crippen LogP contribution < -0.4 is 4.90 Å². The molecular weight excluding hydrogens is 425 g/mol. The summed E-state index contributed by atoms with van der Waals surface area (Å²) in [7, 11) is 0. The second-order valence-electron chi connectivity index (χ2n) is 8.06. The first-order chi connectivity index (χ1) is 15.2. The minimum Gasteiger partial charge on any atom is -0.363 e. The van der Waals surface area contributed by atoms with Gasteiger partial charge < -0.3 is 9.80 Å². The number of alkyl halides is 3. The van der Waals surface area contributed by atoms with Crippen LogP contribution in [0, 0.1) is 10.1 Å². The maximum absolute atomic E-state index is 12.9. The molecule has 0 unspecified atom stereocenters. The third-order valence-electron chi connectivity index (χ3n) is 6.05. The van der Waals surface area contributed by atoms with Crippen LogP contribution in [0.4, 0.5) is 24.5 Å². The third-order valence-corrected chi connectivity index (χ3v) is 6.05. The molecule has 1 saturated heterocycles. The summed E-state index contributed by atoms with van der Waals surface area (Å²) in [6.45, 7) is 3.29. The monoisotopic (exact) mass is 448 g/mol. The molecule has 0 bridgehead atoms. The quantitative estimate of drug-likeness (QED) is 0.530. The van der Waals surface area contributed by atoms with Gasteiger partial charge in [0.25, 0.3) is 5.69 Å². The van der Waals surface area contributed by atoms with E-state index >= 15 is 0 Å². The molecular formula is C22H23F3N4O3. The van der Waals surface area contributed by atoms with Crippen molar-refractivity contribution < 1.29 is 22.9 Å². The average Bonchev–Trinajstić information content (AvgIpc) is 2.78. The van der Waals surface area contributed by atoms with Crippen molar-refractivity contribution in [1.29, 1.82) is 0 Å². The van der Waals surface area contributed by atoms with E-state index in [1.165, 1.54) is 5.56 Å². The van der Waals surface area contributed by atoms with Crippen LogP contribution in [0.25, 0.3) is 0 Å². The highest BCUT2D eigenvalue weighted by Gasteiger charge is 2.34. The van der Waals surface area contributed by atoms with Gasteiger partial charge in [-0.2, -0.15) is 13.2 Å². The lowest BCUT2D eigenvalue weighted by Crippen LogP contribution is -2.50. The Morgan fingerprint density at radius 3 is 2.34 bits per heavy atom. The molecule has 0 aliphatic carbocycles. The smallest absolute Gasteiger partial charge is 0.363 e. The molecule has 2 heterocycles. The highest BCUT2D eigenvalue weighted by molar-refractivity contribution is 5.78. The second kappa shape index (κ2) is 8.78. The summed E-state index contributed by atoms with van der Waals surface area (Å²) in [5, 5.41) is 11.4. The van der Waals surface area contributed by atoms with Gasteiger partial charge in [0.1, 0.15) is 5.69 Å². The normalized spacial score (nSPS) is 17.2. The van der Waals surface area contributed by atoms with Crippen LogP contribution in [0.2, 0.25) is 0 Å². The number of fused-ring (bicyclic) bond motifs is 1. The number of nitrogens with zero attached hydrogens (tertiary/aromatic N) is 4. The number of hydrogen-bond donors (Lipinski definition) is 0. The van der Waals surface area contributed by atoms with Gasteiger partial charge in [-0.05, 0) is 29.7 Å². The van der Waals surface area contributed by atoms with E-state index < -0.39 is 22.4 Å². The topological polar surface area (TPSA) is 69.9 Å². The number of benzene rings is 2. The molecule has 1 fully saturated rings. The molecule has 4 rings (SSSR count). The summed E-state index contributed by atoms with van der Waals surface area (Å²) in [6.07, 6.45) is -3.81. The number of anilines is 1. The summed E-state index contributed by atoms with van der Waals surface area (Å²) in [4.78, 5) is 28.9. The molecule has 0 atom stereocenters. The van der Waals surface area contributed by atoms with Crippen molar-refractivity contribution in [2.45, 2.75) is 19.1 Å². The molecule has 10 heteroatoms. The predicted octanol–water partition coefficient (Wildman–Crippen LogP) is 3.32. The molecule has 32 heavy (non-hydrogen) atoms. The van der Waals surface area contributed by atoms with E-state index in [0.717, 1.165) is 24.1 Å². The number of nitro groups is 1. The van der Waals surface area contributed by atoms with Crippen LogP contribution in [0.15, 0.2) is 42.5 Å². The summed E-state index contributed by atoms with van der Waals surface area (Å²) >= 11 is 0. The number of rotatable bonds is 4. The van der Waals surface area contributed by atoms with Gasteiger partial charge in [-0.25, -0.2) is 0 Å². The van der Waals surface area contributed by atoms with Crippen molar-refractivity contribution in [3.8, 4) is 0 Å². The Balaban J connectivity index is 1.36. The fraction of sp³-hybridized carbons (Fsp3) is 0.409. The minimum atomic E-state index is -4.64. The van der Waals surface area contributed by atoms with Crippen LogP contribution in [-0.2, 0) is 23.9 Å². The van der Waals surface area contributed by atoms with Crippen molar-refractivity contribution in [2.75, 3.05) is 44.2 Å². The fourth-order valence-corrected chi connectivity index (χ4v) is 4.26. The third kappa shape index (κ3) is 4.69. The van der Waals surface area contributed by atoms with E-state index in [-0.39, 0.29) is 18.1 Å². The lowest BCUT2D eigenvalue weighted by molar-refractivity contribution is -0.384. The molecule has 0 saturated carbocycles. The van der Waals surface area contributed by atoms with Gasteiger partial charge in [0, 0.05) is 45.3 Å². The first-order valence-corrected chi connectivity index (χ1v) is 10.4. The van der Waals surface area contributed by atoms with Crippen LogP contribution in [0.1, 0.15) is 16.7 Å². The fourth-order valence-electron chi connectivity index (χ4n) is 4.26. The van der Waals surface area contributed by atoms with Crippen LogP contribution >= 0.6 is 0 Å². The maximum Gasteiger partial charge on any atom is 0.416 e. The molecule has 0 radical (unpaired) electrons. The molecule has 170 valence electrons. The summed E-state index contributed by atoms with van der Waals surface area (Å²) < 4.78 is 38.8. The number of nitro benzene ring substituents is 1. The van der Waals surface area contributed by atoms with Gasteiger partial charge in [0.2, 0.25) is 5.91 Å². The molecule has 7 nitrogen and oxygen atoms in total. The Morgan fingerprint density at radius 1 is 1.00 bits per heavy atom. The SMILES string of the molecule is O=C(CN1CCN(c2ccc(C(F)(F)F)cc2[N+](=O)[O-])CC1)N1CCc2ccccc2C1. The number of carbonyl (C=O) groups is 1. The summed E-state index contributed by atoms with van der Waals surface area (Å²) in [6, 6.07) is 10.7. The van der Waals surface area contributed by atoms with E-state index in [0.29, 0.717) is 45.3 Å². The highest BCUT2D eigenvalue weighted by Crippen LogP contribution is 2.36. The van der Waals surface area contributed by atoms with Crippen molar-refractivity contribution in [2.24, 2.45) is 0 Å². The zero-order valence-electron chi connectivity index (χ0n) is 17.3. The van der Waals surface area contributed by atoms with Crippen molar-refractivity contribution in [3.05, 3.63) is 69.3 Å². The molecule has 2 aliphatic heterocycles. The Labute approximate surface area is 183 Å². The second-order valence-corrected chi connectivity index (χ2v) is 8.06. The molecule has 0 N–H and O–H groups in total. The maximum atomic E-state index is 12.9. The first kappa shape index (κ1) is 22.1. The number of amides is 1. The van der Waals surface area contributed by atoms with Crippen LogP contribution in [0.5, 0.6) is 0 Å². The van der Waals surface area contributed by atoms with E-state index in [2.05, 4.69) is 6.07 Å². The van der Waals surface area contributed by atoms with E-state index in [1.807, 2.05) is 28.0 Å². The largest absolute Gasteiger partial charge is 0.416 e. The highest BCUT2D eigenvalue weighted by atomic mass is 19.4. The molecule has 2 aromatic rings. The van der Waals surface area contributed by atoms with Crippen LogP contribution in [-0.4, -0.2) is 59.9 Å². The van der Waals surface area contributed by atoms with Gasteiger partial charge in [-0.15, -0.1) is 0 Å². The zero-order chi connectivity index (χ0) is 22.9. The Bertz CT molecular complexity index is 1020. The number of halogens is 3. The molecule has 0 aromatic heterocycles. The van der Waals surface area contributed by atoms with E-state index in [1.54, 1.807) is 4.90 Å². The zero-order valence-corrected chi connectivity index (χ0v) is 17.3. The van der Waals surface area contributed by atoms with Gasteiger partial charge in [0.15, 0.2) is 0 Å². The number of piperazine rings is 1. The molecule has 2 aliphatic rings. The van der Waals surface area contributed by atoms with Gasteiger partial charge in [0.05, 0.1) is 17.0 Å². The van der Waals surface area contributed by atoms with E-state index in [4.69, 9.17) is 0 Å². The van der Waals surface area contributed by atoms with Crippen molar-refractivity contribution in [3.63, 3.8) is 0 Å². The standard InChI is InChI=1S/C22H23F3N4O3/c23-22(24,25)18-5-6-19(20(13-18)29(31)32)27-11-9-26(10-12-27)15-21(30)28-8-7-16-3-1-2-4-17(16)14-28/h1-6,13H,7-12,14-15H2. The molecule has 1 amide bonds. The van der Waals surface area contributed by atoms with Crippen molar-refractivity contribution >= 4 is 17.3 Å². The van der Waals surface area contributed by atoms with Gasteiger partial charge in [-0.1, -0.05) is 24.3 Å². The summed E-state index contributed by atoms with van der Waals surface area (Å²) in [5.41, 5.74) is 0.994. The minimum absolute atomic E-state index is 0.0356. The first-order valence-electron chi connectivity index (χ1n) is 10.4. The lowest BCUT2D eigenvalue weighted by atomic mass is 10.00. The summed E-state index contributed by atoms with van der Waals surface area (Å²) in [5.74, 6) is 0.0356. The molecule has 2 aromatic carbocycles. The Kier molecular flexibility index (Phi) is 6.05. The Hall–Kier alpha value is -3.14. The van der Waals surface area contributed by atoms with Gasteiger partial charge >= 0.3 is 6.18 Å². The van der Waals surface area contributed by atoms with Crippen LogP contribution in [0.3, 0.4) is 0 Å². The lowest BCUT2D eigenvalue weighted by Gasteiger charge is -2.37. The predicted molar refractivity (Wildman–Crippen MR) is 112 cm³/mol. The van der Waals surface area contributed by atoms with Crippen molar-refractivity contribution in [1.82, 2.24) is 9.80 Å². The Morgan fingerprint density at radius 2 is 1.69 bits per heavy atom. The van der Waals surface area contributed by atoms with E-state index in [9.17, 15) is 28.1 Å². The van der Waals surface area contributed by atoms with Gasteiger partial charge in [-0.3, -0.25) is 19.8 Å². The molecule has 0 spiro atoms. The number of hydrogen-bond acceptors (Lipinski definition) is 5. The average molecular weight is 448 g/mol.